The highest BCUT2D eigenvalue weighted by Gasteiger charge is 2.54. The number of hydrogen-bond donors (Lipinski definition) is 3. The first kappa shape index (κ1) is 28.1. The number of nitrogens with one attached hydrogen (secondary N) is 2. The van der Waals surface area contributed by atoms with Gasteiger partial charge >= 0.3 is 0 Å². The molecule has 42 heavy (non-hydrogen) atoms. The highest BCUT2D eigenvalue weighted by atomic mass is 19.1. The number of amides is 3. The molecule has 218 valence electrons. The van der Waals surface area contributed by atoms with E-state index < -0.39 is 34.7 Å². The number of benzene rings is 2. The normalized spacial score (nSPS) is 24.1. The molecule has 10 heteroatoms. The quantitative estimate of drug-likeness (QED) is 0.386. The van der Waals surface area contributed by atoms with Crippen LogP contribution in [0, 0.1) is 22.6 Å². The minimum atomic E-state index is -1.47. The molecule has 2 saturated heterocycles. The molecule has 4 heterocycles. The number of halogens is 1. The van der Waals surface area contributed by atoms with Crippen molar-refractivity contribution in [3.63, 3.8) is 0 Å². The van der Waals surface area contributed by atoms with E-state index in [2.05, 4.69) is 21.3 Å². The summed E-state index contributed by atoms with van der Waals surface area (Å²) in [6, 6.07) is 10.2. The molecule has 9 nitrogen and oxygen atoms in total. The molecule has 3 aliphatic rings. The van der Waals surface area contributed by atoms with Crippen molar-refractivity contribution in [2.75, 3.05) is 13.1 Å². The standard InChI is InChI=1S/C32H34FN5O4/c1-3-31(4-2)18-37(16-20-15-35-28-19(14-34)6-5-7-21(20)28)13-12-32(31,42)24-9-8-22-23(27(24)33)17-38(30(22)41)25-10-11-26(39)36-29(25)40/h5-9,15,25,35,42H,3-4,10-13,16-18H2,1-2H3,(H,36,39,40). The van der Waals surface area contributed by atoms with Crippen molar-refractivity contribution < 1.29 is 23.9 Å². The topological polar surface area (TPSA) is 130 Å². The van der Waals surface area contributed by atoms with Gasteiger partial charge in [-0.1, -0.05) is 32.0 Å². The molecule has 2 unspecified atom stereocenters. The second-order valence-electron chi connectivity index (χ2n) is 11.8. The summed E-state index contributed by atoms with van der Waals surface area (Å²) in [5.41, 5.74) is 0.897. The molecule has 0 aliphatic carbocycles. The van der Waals surface area contributed by atoms with Crippen LogP contribution in [-0.2, 0) is 28.3 Å². The minimum Gasteiger partial charge on any atom is -0.384 e. The van der Waals surface area contributed by atoms with Crippen molar-refractivity contribution in [3.05, 3.63) is 70.2 Å². The first-order chi connectivity index (χ1) is 20.2. The van der Waals surface area contributed by atoms with Crippen molar-refractivity contribution in [1.29, 1.82) is 5.26 Å². The molecule has 3 aromatic rings. The van der Waals surface area contributed by atoms with Crippen molar-refractivity contribution in [2.45, 2.75) is 70.7 Å². The number of carbonyl (C=O) groups excluding carboxylic acids is 3. The fourth-order valence-electron chi connectivity index (χ4n) is 7.44. The van der Waals surface area contributed by atoms with Gasteiger partial charge in [-0.3, -0.25) is 24.6 Å². The van der Waals surface area contributed by atoms with Crippen LogP contribution in [-0.4, -0.2) is 56.7 Å². The Morgan fingerprint density at radius 2 is 1.95 bits per heavy atom. The number of imide groups is 1. The minimum absolute atomic E-state index is 0.0845. The average molecular weight is 572 g/mol. The van der Waals surface area contributed by atoms with E-state index in [-0.39, 0.29) is 42.0 Å². The molecule has 3 N–H and O–H groups in total. The second kappa shape index (κ2) is 10.3. The van der Waals surface area contributed by atoms with E-state index in [4.69, 9.17) is 0 Å². The fraction of sp³-hybridized carbons (Fsp3) is 0.438. The zero-order chi connectivity index (χ0) is 29.8. The van der Waals surface area contributed by atoms with E-state index in [9.17, 15) is 24.8 Å². The van der Waals surface area contributed by atoms with Gasteiger partial charge in [-0.05, 0) is 43.4 Å². The Kier molecular flexibility index (Phi) is 6.90. The predicted octanol–water partition coefficient (Wildman–Crippen LogP) is 3.84. The summed E-state index contributed by atoms with van der Waals surface area (Å²) in [6.07, 6.45) is 3.77. The third kappa shape index (κ3) is 4.14. The number of rotatable bonds is 6. The maximum absolute atomic E-state index is 16.4. The van der Waals surface area contributed by atoms with Crippen molar-refractivity contribution in [3.8, 4) is 6.07 Å². The number of nitriles is 1. The summed E-state index contributed by atoms with van der Waals surface area (Å²) in [4.78, 5) is 44.1. The molecule has 3 amide bonds. The molecule has 2 aromatic carbocycles. The van der Waals surface area contributed by atoms with Gasteiger partial charge in [-0.25, -0.2) is 4.39 Å². The van der Waals surface area contributed by atoms with Gasteiger partial charge in [0.25, 0.3) is 5.91 Å². The molecule has 0 radical (unpaired) electrons. The molecule has 1 aromatic heterocycles. The molecular formula is C32H34FN5O4. The van der Waals surface area contributed by atoms with Crippen LogP contribution in [0.2, 0.25) is 0 Å². The number of fused-ring (bicyclic) bond motifs is 2. The Hall–Kier alpha value is -4.07. The van der Waals surface area contributed by atoms with E-state index in [0.29, 0.717) is 44.5 Å². The Labute approximate surface area is 243 Å². The monoisotopic (exact) mass is 571 g/mol. The van der Waals surface area contributed by atoms with Crippen molar-refractivity contribution in [1.82, 2.24) is 20.1 Å². The molecule has 0 saturated carbocycles. The number of aliphatic hydroxyl groups is 1. The Morgan fingerprint density at radius 1 is 1.17 bits per heavy atom. The largest absolute Gasteiger partial charge is 0.384 e. The lowest BCUT2D eigenvalue weighted by atomic mass is 9.61. The number of carbonyl (C=O) groups is 3. The zero-order valence-corrected chi connectivity index (χ0v) is 23.8. The van der Waals surface area contributed by atoms with Crippen LogP contribution in [0.3, 0.4) is 0 Å². The maximum atomic E-state index is 16.4. The maximum Gasteiger partial charge on any atom is 0.255 e. The number of likely N-dealkylation sites (tertiary alicyclic amines) is 1. The van der Waals surface area contributed by atoms with Gasteiger partial charge in [0.2, 0.25) is 11.8 Å². The Balaban J connectivity index is 1.29. The Morgan fingerprint density at radius 3 is 2.67 bits per heavy atom. The number of para-hydroxylation sites is 1. The number of aromatic nitrogens is 1. The van der Waals surface area contributed by atoms with Gasteiger partial charge in [0.05, 0.1) is 17.6 Å². The van der Waals surface area contributed by atoms with Crippen LogP contribution in [0.4, 0.5) is 4.39 Å². The highest BCUT2D eigenvalue weighted by Crippen LogP contribution is 2.52. The molecule has 2 atom stereocenters. The van der Waals surface area contributed by atoms with E-state index in [0.717, 1.165) is 16.5 Å². The summed E-state index contributed by atoms with van der Waals surface area (Å²) < 4.78 is 16.4. The number of H-pyrrole nitrogens is 1. The molecule has 6 rings (SSSR count). The molecule has 0 bridgehead atoms. The first-order valence-corrected chi connectivity index (χ1v) is 14.6. The smallest absolute Gasteiger partial charge is 0.255 e. The van der Waals surface area contributed by atoms with E-state index >= 15 is 4.39 Å². The Bertz CT molecular complexity index is 1650. The van der Waals surface area contributed by atoms with Crippen molar-refractivity contribution >= 4 is 28.6 Å². The summed E-state index contributed by atoms with van der Waals surface area (Å²) in [7, 11) is 0. The lowest BCUT2D eigenvalue weighted by molar-refractivity contribution is -0.150. The van der Waals surface area contributed by atoms with Gasteiger partial charge in [-0.15, -0.1) is 0 Å². The van der Waals surface area contributed by atoms with Crippen LogP contribution in [0.5, 0.6) is 0 Å². The summed E-state index contributed by atoms with van der Waals surface area (Å²) >= 11 is 0. The molecular weight excluding hydrogens is 537 g/mol. The molecule has 0 spiro atoms. The summed E-state index contributed by atoms with van der Waals surface area (Å²) in [5, 5.41) is 25.1. The number of aromatic amines is 1. The number of hydrogen-bond acceptors (Lipinski definition) is 6. The number of nitrogens with zero attached hydrogens (tertiary/aromatic N) is 3. The number of piperidine rings is 2. The predicted molar refractivity (Wildman–Crippen MR) is 152 cm³/mol. The molecule has 3 aliphatic heterocycles. The third-order valence-corrected chi connectivity index (χ3v) is 9.96. The van der Waals surface area contributed by atoms with Gasteiger partial charge in [0.15, 0.2) is 0 Å². The molecule has 2 fully saturated rings. The first-order valence-electron chi connectivity index (χ1n) is 14.6. The lowest BCUT2D eigenvalue weighted by Crippen LogP contribution is -2.57. The average Bonchev–Trinajstić information content (AvgIpc) is 3.55. The fourth-order valence-corrected chi connectivity index (χ4v) is 7.44. The van der Waals surface area contributed by atoms with E-state index in [1.54, 1.807) is 18.2 Å². The van der Waals surface area contributed by atoms with Gasteiger partial charge in [0, 0.05) is 59.7 Å². The van der Waals surface area contributed by atoms with Crippen LogP contribution >= 0.6 is 0 Å². The van der Waals surface area contributed by atoms with E-state index in [1.807, 2.05) is 32.2 Å². The lowest BCUT2D eigenvalue weighted by Gasteiger charge is -2.54. The van der Waals surface area contributed by atoms with Crippen LogP contribution < -0.4 is 5.32 Å². The van der Waals surface area contributed by atoms with Gasteiger partial charge in [0.1, 0.15) is 23.5 Å². The van der Waals surface area contributed by atoms with Crippen LogP contribution in [0.1, 0.15) is 78.6 Å². The summed E-state index contributed by atoms with van der Waals surface area (Å²) in [5.74, 6) is -1.97. The second-order valence-corrected chi connectivity index (χ2v) is 11.8. The van der Waals surface area contributed by atoms with Crippen LogP contribution in [0.15, 0.2) is 36.5 Å². The van der Waals surface area contributed by atoms with Gasteiger partial charge in [-0.2, -0.15) is 5.26 Å². The van der Waals surface area contributed by atoms with Crippen molar-refractivity contribution in [2.24, 2.45) is 5.41 Å². The SMILES string of the molecule is CCC1(CC)CN(Cc2c[nH]c3c(C#N)cccc23)CCC1(O)c1ccc2c(c1F)CN(C1CCC(=O)NC1=O)C2=O. The zero-order valence-electron chi connectivity index (χ0n) is 23.8. The van der Waals surface area contributed by atoms with Gasteiger partial charge < -0.3 is 15.0 Å². The third-order valence-electron chi connectivity index (χ3n) is 9.96. The summed E-state index contributed by atoms with van der Waals surface area (Å²) in [6.45, 7) is 5.64. The van der Waals surface area contributed by atoms with Crippen LogP contribution in [0.25, 0.3) is 10.9 Å². The highest BCUT2D eigenvalue weighted by molar-refractivity contribution is 6.05. The van der Waals surface area contributed by atoms with E-state index in [1.165, 1.54) is 4.90 Å².